The number of hydrogen-bond acceptors (Lipinski definition) is 4. The van der Waals surface area contributed by atoms with E-state index in [1.165, 1.54) is 26.0 Å². The van der Waals surface area contributed by atoms with Crippen LogP contribution >= 0.6 is 23.2 Å². The highest BCUT2D eigenvalue weighted by atomic mass is 35.5. The molecule has 0 saturated heterocycles. The highest BCUT2D eigenvalue weighted by Gasteiger charge is 2.30. The highest BCUT2D eigenvalue weighted by molar-refractivity contribution is 6.35. The summed E-state index contributed by atoms with van der Waals surface area (Å²) in [6, 6.07) is 0.441. The molecule has 0 saturated carbocycles. The molecule has 18 heavy (non-hydrogen) atoms. The molecule has 0 N–H and O–H groups in total. The Labute approximate surface area is 113 Å². The Kier molecular flexibility index (Phi) is 4.48. The molecule has 8 heteroatoms. The fraction of sp³-hybridized carbons (Fsp3) is 0.400. The lowest BCUT2D eigenvalue weighted by atomic mass is 9.97. The highest BCUT2D eigenvalue weighted by Crippen LogP contribution is 2.35. The van der Waals surface area contributed by atoms with Crippen molar-refractivity contribution in [2.45, 2.75) is 25.9 Å². The Hall–Kier alpha value is -1.40. The monoisotopic (exact) mass is 292 g/mol. The molecule has 2 atom stereocenters. The van der Waals surface area contributed by atoms with Crippen LogP contribution in [-0.4, -0.2) is 9.85 Å². The average Bonchev–Trinajstić information content (AvgIpc) is 2.25. The van der Waals surface area contributed by atoms with E-state index in [0.29, 0.717) is 0 Å². The molecule has 0 aliphatic heterocycles. The van der Waals surface area contributed by atoms with Gasteiger partial charge in [-0.2, -0.15) is 0 Å². The van der Waals surface area contributed by atoms with Crippen LogP contribution in [-0.2, 0) is 0 Å². The maximum Gasteiger partial charge on any atom is 0.237 e. The first-order valence-corrected chi connectivity index (χ1v) is 5.77. The molecule has 1 rings (SSSR count). The maximum atomic E-state index is 10.8. The average molecular weight is 293 g/mol. The summed E-state index contributed by atoms with van der Waals surface area (Å²) in [6.07, 6.45) is 0. The van der Waals surface area contributed by atoms with Crippen molar-refractivity contribution in [2.24, 2.45) is 0 Å². The van der Waals surface area contributed by atoms with Crippen LogP contribution in [0.2, 0.25) is 10.0 Å². The second-order valence-corrected chi connectivity index (χ2v) is 4.66. The molecule has 0 aliphatic carbocycles. The third-order valence-electron chi connectivity index (χ3n) is 2.63. The predicted octanol–water partition coefficient (Wildman–Crippen LogP) is 3.67. The van der Waals surface area contributed by atoms with Crippen molar-refractivity contribution in [2.75, 3.05) is 0 Å². The van der Waals surface area contributed by atoms with Crippen molar-refractivity contribution in [1.29, 1.82) is 0 Å². The van der Waals surface area contributed by atoms with Gasteiger partial charge in [-0.1, -0.05) is 23.2 Å². The standard InChI is InChI=1S/C10H10Cl2N2O4/c1-5(13(15)16)8-3-7(11)4-9(12)10(8)6(2)14(17)18/h3-6H,1-2H3. The Morgan fingerprint density at radius 3 is 2.00 bits per heavy atom. The fourth-order valence-corrected chi connectivity index (χ4v) is 2.28. The van der Waals surface area contributed by atoms with E-state index >= 15 is 0 Å². The molecule has 0 spiro atoms. The molecule has 1 aromatic rings. The van der Waals surface area contributed by atoms with Crippen LogP contribution in [0.3, 0.4) is 0 Å². The van der Waals surface area contributed by atoms with Gasteiger partial charge in [0.15, 0.2) is 0 Å². The molecule has 0 aliphatic rings. The third kappa shape index (κ3) is 2.88. The molecule has 0 radical (unpaired) electrons. The van der Waals surface area contributed by atoms with Gasteiger partial charge >= 0.3 is 0 Å². The minimum atomic E-state index is -1.13. The van der Waals surface area contributed by atoms with Crippen molar-refractivity contribution >= 4 is 23.2 Å². The molecule has 0 aromatic heterocycles. The molecule has 0 bridgehead atoms. The number of rotatable bonds is 4. The van der Waals surface area contributed by atoms with Crippen LogP contribution in [0.1, 0.15) is 37.1 Å². The largest absolute Gasteiger partial charge is 0.264 e. The number of halogens is 2. The molecule has 1 aromatic carbocycles. The van der Waals surface area contributed by atoms with Crippen molar-refractivity contribution in [3.8, 4) is 0 Å². The van der Waals surface area contributed by atoms with Crippen LogP contribution in [0, 0.1) is 20.2 Å². The fourth-order valence-electron chi connectivity index (χ4n) is 1.61. The minimum Gasteiger partial charge on any atom is -0.264 e. The van der Waals surface area contributed by atoms with E-state index in [4.69, 9.17) is 23.2 Å². The zero-order chi connectivity index (χ0) is 14.0. The zero-order valence-electron chi connectivity index (χ0n) is 9.59. The quantitative estimate of drug-likeness (QED) is 0.626. The van der Waals surface area contributed by atoms with Gasteiger partial charge in [-0.25, -0.2) is 0 Å². The first-order chi connectivity index (χ1) is 8.25. The lowest BCUT2D eigenvalue weighted by Gasteiger charge is -2.14. The van der Waals surface area contributed by atoms with Crippen LogP contribution in [0.25, 0.3) is 0 Å². The Bertz CT molecular complexity index is 507. The SMILES string of the molecule is CC(c1cc(Cl)cc(Cl)c1C(C)[N+](=O)[O-])[N+](=O)[O-]. The van der Waals surface area contributed by atoms with Gasteiger partial charge in [0.2, 0.25) is 12.1 Å². The lowest BCUT2D eigenvalue weighted by Crippen LogP contribution is -2.15. The van der Waals surface area contributed by atoms with E-state index < -0.39 is 21.9 Å². The summed E-state index contributed by atoms with van der Waals surface area (Å²) in [5, 5.41) is 21.9. The van der Waals surface area contributed by atoms with Gasteiger partial charge in [0, 0.05) is 34.3 Å². The number of hydrogen-bond donors (Lipinski definition) is 0. The van der Waals surface area contributed by atoms with Gasteiger partial charge in [0.05, 0.1) is 10.6 Å². The van der Waals surface area contributed by atoms with Gasteiger partial charge in [-0.05, 0) is 12.1 Å². The molecule has 98 valence electrons. The van der Waals surface area contributed by atoms with E-state index in [-0.39, 0.29) is 21.2 Å². The summed E-state index contributed by atoms with van der Waals surface area (Å²) >= 11 is 11.7. The third-order valence-corrected chi connectivity index (χ3v) is 3.16. The van der Waals surface area contributed by atoms with Gasteiger partial charge in [-0.3, -0.25) is 20.2 Å². The normalized spacial score (nSPS) is 14.0. The number of nitrogens with zero attached hydrogens (tertiary/aromatic N) is 2. The molecule has 6 nitrogen and oxygen atoms in total. The van der Waals surface area contributed by atoms with Crippen LogP contribution in [0.5, 0.6) is 0 Å². The van der Waals surface area contributed by atoms with E-state index in [0.717, 1.165) is 0 Å². The number of nitro groups is 2. The Morgan fingerprint density at radius 2 is 1.56 bits per heavy atom. The predicted molar refractivity (Wildman–Crippen MR) is 67.3 cm³/mol. The van der Waals surface area contributed by atoms with Gasteiger partial charge in [0.25, 0.3) is 0 Å². The van der Waals surface area contributed by atoms with Crippen LogP contribution < -0.4 is 0 Å². The summed E-state index contributed by atoms with van der Waals surface area (Å²) in [6.45, 7) is 2.66. The van der Waals surface area contributed by atoms with Crippen molar-refractivity contribution in [3.05, 3.63) is 53.5 Å². The second-order valence-electron chi connectivity index (χ2n) is 3.81. The summed E-state index contributed by atoms with van der Waals surface area (Å²) in [7, 11) is 0. The van der Waals surface area contributed by atoms with E-state index in [1.54, 1.807) is 0 Å². The zero-order valence-corrected chi connectivity index (χ0v) is 11.1. The van der Waals surface area contributed by atoms with E-state index in [1.807, 2.05) is 0 Å². The Morgan fingerprint density at radius 1 is 1.06 bits per heavy atom. The first-order valence-electron chi connectivity index (χ1n) is 5.01. The van der Waals surface area contributed by atoms with E-state index in [9.17, 15) is 20.2 Å². The molecule has 0 amide bonds. The summed E-state index contributed by atoms with van der Waals surface area (Å²) < 4.78 is 0. The van der Waals surface area contributed by atoms with Crippen molar-refractivity contribution < 1.29 is 9.85 Å². The van der Waals surface area contributed by atoms with Gasteiger partial charge < -0.3 is 0 Å². The Balaban J connectivity index is 3.47. The van der Waals surface area contributed by atoms with Crippen LogP contribution in [0.4, 0.5) is 0 Å². The smallest absolute Gasteiger partial charge is 0.237 e. The minimum absolute atomic E-state index is 0.0652. The summed E-state index contributed by atoms with van der Waals surface area (Å²) in [4.78, 5) is 20.5. The lowest BCUT2D eigenvalue weighted by molar-refractivity contribution is -0.531. The van der Waals surface area contributed by atoms with Crippen LogP contribution in [0.15, 0.2) is 12.1 Å². The molecule has 0 heterocycles. The molecule has 0 fully saturated rings. The first kappa shape index (κ1) is 14.7. The van der Waals surface area contributed by atoms with Crippen molar-refractivity contribution in [1.82, 2.24) is 0 Å². The second kappa shape index (κ2) is 5.49. The van der Waals surface area contributed by atoms with Crippen molar-refractivity contribution in [3.63, 3.8) is 0 Å². The molecule has 2 unspecified atom stereocenters. The number of benzene rings is 1. The van der Waals surface area contributed by atoms with Gasteiger partial charge in [-0.15, -0.1) is 0 Å². The van der Waals surface area contributed by atoms with Gasteiger partial charge in [0.1, 0.15) is 0 Å². The summed E-state index contributed by atoms with van der Waals surface area (Å²) in [5.41, 5.74) is 0.303. The molecular formula is C10H10Cl2N2O4. The van der Waals surface area contributed by atoms with E-state index in [2.05, 4.69) is 0 Å². The topological polar surface area (TPSA) is 86.3 Å². The molecular weight excluding hydrogens is 283 g/mol. The summed E-state index contributed by atoms with van der Waals surface area (Å²) in [5.74, 6) is 0. The maximum absolute atomic E-state index is 10.8.